The number of likely N-dealkylation sites (tertiary alicyclic amines) is 1. The molecule has 1 aliphatic rings. The van der Waals surface area contributed by atoms with Crippen LogP contribution in [0, 0.1) is 5.21 Å². The first kappa shape index (κ1) is 39.4. The minimum absolute atomic E-state index is 0.0598. The number of benzene rings is 3. The van der Waals surface area contributed by atoms with Crippen molar-refractivity contribution in [1.29, 1.82) is 0 Å². The number of hydroxylamine groups is 2. The lowest BCUT2D eigenvalue weighted by Gasteiger charge is -2.37. The van der Waals surface area contributed by atoms with Gasteiger partial charge in [-0.05, 0) is 62.4 Å². The zero-order chi connectivity index (χ0) is 37.6. The average Bonchev–Trinajstić information content (AvgIpc) is 3.66. The van der Waals surface area contributed by atoms with Gasteiger partial charge in [0, 0.05) is 42.9 Å². The van der Waals surface area contributed by atoms with E-state index in [9.17, 15) is 14.8 Å². The third kappa shape index (κ3) is 12.1. The van der Waals surface area contributed by atoms with Crippen LogP contribution in [0.2, 0.25) is 0 Å². The summed E-state index contributed by atoms with van der Waals surface area (Å²) in [6.45, 7) is 8.79. The summed E-state index contributed by atoms with van der Waals surface area (Å²) < 4.78 is 11.4. The Bertz CT molecular complexity index is 1710. The van der Waals surface area contributed by atoms with Crippen molar-refractivity contribution >= 4 is 12.0 Å². The van der Waals surface area contributed by atoms with Crippen LogP contribution >= 0.6 is 0 Å². The highest BCUT2D eigenvalue weighted by atomic mass is 16.9. The van der Waals surface area contributed by atoms with Gasteiger partial charge in [0.05, 0.1) is 6.61 Å². The standard InChI is InChI=1S/C42H53N5O6/c1-5-6-7-8-12-26-51-36-23-21-33(22-24-36)35-28-43-39(44-29-35)34-19-17-31(18-20-34)27-37(45-41(49)52-30-32-14-10-9-11-15-32)40(48)46-25-13-16-38(46)47(50)53-42(2,3)4/h9-11,14-15,17-24,28-29,37-38,47H,5-8,12-13,16,25-27,30H2,1-4H3,(H,45,49)/t37-,38+/m0/s1. The molecule has 1 aromatic heterocycles. The van der Waals surface area contributed by atoms with E-state index in [0.717, 1.165) is 46.6 Å². The minimum Gasteiger partial charge on any atom is -0.598 e. The fourth-order valence-corrected chi connectivity index (χ4v) is 6.24. The van der Waals surface area contributed by atoms with Gasteiger partial charge >= 0.3 is 6.09 Å². The Morgan fingerprint density at radius 2 is 1.57 bits per heavy atom. The predicted molar refractivity (Wildman–Crippen MR) is 204 cm³/mol. The molecule has 3 aromatic carbocycles. The Hall–Kier alpha value is -4.84. The zero-order valence-corrected chi connectivity index (χ0v) is 31.4. The first-order chi connectivity index (χ1) is 25.6. The molecular weight excluding hydrogens is 670 g/mol. The number of hydrogen-bond donors (Lipinski definition) is 2. The van der Waals surface area contributed by atoms with Crippen molar-refractivity contribution in [2.24, 2.45) is 0 Å². The predicted octanol–water partition coefficient (Wildman–Crippen LogP) is 7.06. The van der Waals surface area contributed by atoms with Gasteiger partial charge in [-0.15, -0.1) is 0 Å². The summed E-state index contributed by atoms with van der Waals surface area (Å²) in [5.74, 6) is 1.06. The smallest absolute Gasteiger partial charge is 0.408 e. The Balaban J connectivity index is 1.23. The lowest BCUT2D eigenvalue weighted by Crippen LogP contribution is -3.13. The van der Waals surface area contributed by atoms with E-state index in [4.69, 9.17) is 14.3 Å². The molecule has 11 nitrogen and oxygen atoms in total. The Labute approximate surface area is 313 Å². The van der Waals surface area contributed by atoms with Crippen LogP contribution in [0.15, 0.2) is 91.3 Å². The second-order valence-electron chi connectivity index (χ2n) is 14.5. The molecule has 11 heteroatoms. The van der Waals surface area contributed by atoms with Crippen LogP contribution in [-0.4, -0.2) is 57.8 Å². The molecule has 1 fully saturated rings. The number of aromatic nitrogens is 2. The van der Waals surface area contributed by atoms with Gasteiger partial charge in [-0.1, -0.05) is 99.3 Å². The summed E-state index contributed by atoms with van der Waals surface area (Å²) in [5, 5.41) is 15.4. The van der Waals surface area contributed by atoms with E-state index < -0.39 is 29.1 Å². The van der Waals surface area contributed by atoms with Gasteiger partial charge in [-0.2, -0.15) is 4.84 Å². The van der Waals surface area contributed by atoms with Gasteiger partial charge in [0.15, 0.2) is 12.0 Å². The van der Waals surface area contributed by atoms with Gasteiger partial charge in [0.2, 0.25) is 5.91 Å². The third-order valence-corrected chi connectivity index (χ3v) is 9.03. The molecule has 1 saturated heterocycles. The maximum absolute atomic E-state index is 14.0. The Morgan fingerprint density at radius 1 is 0.887 bits per heavy atom. The summed E-state index contributed by atoms with van der Waals surface area (Å²) in [7, 11) is 0. The zero-order valence-electron chi connectivity index (χ0n) is 31.4. The second-order valence-corrected chi connectivity index (χ2v) is 14.5. The highest BCUT2D eigenvalue weighted by Gasteiger charge is 2.39. The molecule has 2 heterocycles. The van der Waals surface area contributed by atoms with Crippen LogP contribution in [0.3, 0.4) is 0 Å². The number of amides is 2. The van der Waals surface area contributed by atoms with E-state index in [0.29, 0.717) is 25.2 Å². The molecule has 0 bridgehead atoms. The van der Waals surface area contributed by atoms with Crippen molar-refractivity contribution in [2.45, 2.75) is 103 Å². The number of ether oxygens (including phenoxy) is 2. The molecule has 5 rings (SSSR count). The van der Waals surface area contributed by atoms with Crippen molar-refractivity contribution in [3.05, 3.63) is 108 Å². The molecule has 53 heavy (non-hydrogen) atoms. The van der Waals surface area contributed by atoms with Crippen LogP contribution in [0.1, 0.15) is 83.8 Å². The fraction of sp³-hybridized carbons (Fsp3) is 0.429. The van der Waals surface area contributed by atoms with E-state index in [2.05, 4.69) is 22.2 Å². The van der Waals surface area contributed by atoms with Gasteiger partial charge in [0.1, 0.15) is 24.0 Å². The summed E-state index contributed by atoms with van der Waals surface area (Å²) in [6.07, 6.45) is 9.53. The largest absolute Gasteiger partial charge is 0.598 e. The van der Waals surface area contributed by atoms with Crippen LogP contribution in [0.4, 0.5) is 4.79 Å². The van der Waals surface area contributed by atoms with Crippen molar-refractivity contribution in [1.82, 2.24) is 20.2 Å². The quantitative estimate of drug-likeness (QED) is 0.0876. The van der Waals surface area contributed by atoms with Crippen molar-refractivity contribution in [3.8, 4) is 28.3 Å². The molecule has 282 valence electrons. The number of alkyl carbamates (subject to hydrolysis) is 1. The van der Waals surface area contributed by atoms with Crippen LogP contribution in [0.25, 0.3) is 22.5 Å². The first-order valence-corrected chi connectivity index (χ1v) is 18.7. The molecule has 1 unspecified atom stereocenters. The first-order valence-electron chi connectivity index (χ1n) is 18.7. The van der Waals surface area contributed by atoms with Crippen LogP contribution < -0.4 is 15.3 Å². The van der Waals surface area contributed by atoms with Gasteiger partial charge < -0.3 is 20.0 Å². The van der Waals surface area contributed by atoms with Crippen LogP contribution in [-0.2, 0) is 27.4 Å². The van der Waals surface area contributed by atoms with Crippen molar-refractivity contribution in [3.63, 3.8) is 0 Å². The van der Waals surface area contributed by atoms with Crippen molar-refractivity contribution in [2.75, 3.05) is 13.2 Å². The topological polar surface area (TPSA) is 130 Å². The van der Waals surface area contributed by atoms with E-state index in [1.165, 1.54) is 30.6 Å². The molecule has 4 aromatic rings. The number of unbranched alkanes of at least 4 members (excludes halogenated alkanes) is 4. The number of rotatable bonds is 17. The van der Waals surface area contributed by atoms with Gasteiger partial charge in [-0.3, -0.25) is 9.69 Å². The second kappa shape index (κ2) is 19.3. The van der Waals surface area contributed by atoms with Gasteiger partial charge in [-0.25, -0.2) is 20.0 Å². The monoisotopic (exact) mass is 723 g/mol. The van der Waals surface area contributed by atoms with Crippen LogP contribution in [0.5, 0.6) is 5.75 Å². The summed E-state index contributed by atoms with van der Waals surface area (Å²) in [5.41, 5.74) is 3.66. The molecule has 3 atom stereocenters. The lowest BCUT2D eigenvalue weighted by atomic mass is 10.0. The number of carbonyl (C=O) groups excluding carboxylic acids is 2. The van der Waals surface area contributed by atoms with Gasteiger partial charge in [0.25, 0.3) is 0 Å². The molecule has 1 aliphatic heterocycles. The van der Waals surface area contributed by atoms with E-state index in [1.807, 2.05) is 78.9 Å². The molecule has 0 saturated carbocycles. The van der Waals surface area contributed by atoms with Crippen molar-refractivity contribution < 1.29 is 29.1 Å². The molecule has 2 N–H and O–H groups in total. The molecule has 0 aliphatic carbocycles. The maximum atomic E-state index is 14.0. The number of quaternary nitrogens is 1. The normalized spacial score (nSPS) is 15.5. The maximum Gasteiger partial charge on any atom is 0.408 e. The highest BCUT2D eigenvalue weighted by molar-refractivity contribution is 5.86. The Morgan fingerprint density at radius 3 is 2.25 bits per heavy atom. The Kier molecular flexibility index (Phi) is 14.3. The fourth-order valence-electron chi connectivity index (χ4n) is 6.24. The lowest BCUT2D eigenvalue weighted by molar-refractivity contribution is -1.09. The number of carbonyl (C=O) groups is 2. The summed E-state index contributed by atoms with van der Waals surface area (Å²) >= 11 is 0. The number of nitrogens with zero attached hydrogens (tertiary/aromatic N) is 3. The molecule has 2 amide bonds. The number of nitrogens with one attached hydrogen (secondary N) is 2. The minimum atomic E-state index is -0.967. The SMILES string of the molecule is CCCCCCCOc1ccc(-c2cnc(-c3ccc(C[C@H](NC(=O)OCc4ccccc4)C(=O)N4CCC[C@H]4[NH+]([O-])OC(C)(C)C)cc3)nc2)cc1. The van der Waals surface area contributed by atoms with E-state index >= 15 is 0 Å². The molecule has 0 spiro atoms. The molecular formula is C42H53N5O6. The molecule has 0 radical (unpaired) electrons. The third-order valence-electron chi connectivity index (χ3n) is 9.03. The highest BCUT2D eigenvalue weighted by Crippen LogP contribution is 2.24. The average molecular weight is 724 g/mol. The summed E-state index contributed by atoms with van der Waals surface area (Å²) in [6, 6.07) is 23.9. The van der Waals surface area contributed by atoms with E-state index in [-0.39, 0.29) is 18.9 Å². The summed E-state index contributed by atoms with van der Waals surface area (Å²) in [4.78, 5) is 43.4. The van der Waals surface area contributed by atoms with E-state index in [1.54, 1.807) is 33.2 Å². The number of hydrogen-bond acceptors (Lipinski definition) is 8.